The van der Waals surface area contributed by atoms with Crippen LogP contribution in [0.4, 0.5) is 0 Å². The van der Waals surface area contributed by atoms with Crippen LogP contribution in [-0.4, -0.2) is 63.5 Å². The lowest BCUT2D eigenvalue weighted by molar-refractivity contribution is -0.124. The minimum absolute atomic E-state index is 0.0381. The Hall–Kier alpha value is -0.660. The molecule has 1 fully saturated rings. The number of hydrogen-bond donors (Lipinski definition) is 2. The Morgan fingerprint density at radius 3 is 2.53 bits per heavy atom. The number of nitrogens with two attached hydrogens (primary N) is 1. The van der Waals surface area contributed by atoms with E-state index in [9.17, 15) is 13.2 Å². The molecular weight excluding hydrogens is 242 g/mol. The Labute approximate surface area is 102 Å². The van der Waals surface area contributed by atoms with Crippen molar-refractivity contribution in [3.05, 3.63) is 0 Å². The zero-order valence-corrected chi connectivity index (χ0v) is 11.3. The number of rotatable bonds is 4. The molecule has 0 aliphatic carbocycles. The number of likely N-dealkylation sites (N-methyl/N-ethyl adjacent to an activating group) is 1. The normalized spacial score (nSPS) is 29.2. The largest absolute Gasteiger partial charge is 0.359 e. The standard InChI is InChI=1S/C10H21N3O3S/c1-7(10(14)12-2)4-13(3)9-6-17(15,16)5-8(9)11/h7-9H,4-6,11H2,1-3H3,(H,12,14). The second-order valence-corrected chi connectivity index (χ2v) is 6.92. The molecule has 3 unspecified atom stereocenters. The van der Waals surface area contributed by atoms with Crippen LogP contribution in [0.15, 0.2) is 0 Å². The summed E-state index contributed by atoms with van der Waals surface area (Å²) < 4.78 is 22.9. The van der Waals surface area contributed by atoms with Crippen molar-refractivity contribution in [3.63, 3.8) is 0 Å². The number of hydrogen-bond acceptors (Lipinski definition) is 5. The van der Waals surface area contributed by atoms with Crippen LogP contribution in [0.2, 0.25) is 0 Å². The van der Waals surface area contributed by atoms with Crippen LogP contribution in [-0.2, 0) is 14.6 Å². The lowest BCUT2D eigenvalue weighted by atomic mass is 10.1. The average Bonchev–Trinajstić information content (AvgIpc) is 2.50. The minimum atomic E-state index is -3.02. The van der Waals surface area contributed by atoms with Gasteiger partial charge in [0.15, 0.2) is 9.84 Å². The van der Waals surface area contributed by atoms with Crippen molar-refractivity contribution in [2.45, 2.75) is 19.0 Å². The quantitative estimate of drug-likeness (QED) is 0.639. The van der Waals surface area contributed by atoms with Gasteiger partial charge in [-0.2, -0.15) is 0 Å². The van der Waals surface area contributed by atoms with Crippen LogP contribution < -0.4 is 11.1 Å². The number of carbonyl (C=O) groups excluding carboxylic acids is 1. The first kappa shape index (κ1) is 14.4. The highest BCUT2D eigenvalue weighted by molar-refractivity contribution is 7.91. The molecular formula is C10H21N3O3S. The van der Waals surface area contributed by atoms with Crippen molar-refractivity contribution < 1.29 is 13.2 Å². The second-order valence-electron chi connectivity index (χ2n) is 4.76. The zero-order valence-electron chi connectivity index (χ0n) is 10.5. The van der Waals surface area contributed by atoms with Crippen LogP contribution in [0.25, 0.3) is 0 Å². The molecule has 0 radical (unpaired) electrons. The highest BCUT2D eigenvalue weighted by atomic mass is 32.2. The average molecular weight is 263 g/mol. The molecule has 1 aliphatic heterocycles. The number of nitrogens with one attached hydrogen (secondary N) is 1. The van der Waals surface area contributed by atoms with Crippen LogP contribution >= 0.6 is 0 Å². The highest BCUT2D eigenvalue weighted by Crippen LogP contribution is 2.16. The molecule has 7 heteroatoms. The van der Waals surface area contributed by atoms with Gasteiger partial charge in [-0.25, -0.2) is 8.42 Å². The van der Waals surface area contributed by atoms with Crippen molar-refractivity contribution in [2.24, 2.45) is 11.7 Å². The fraction of sp³-hybridized carbons (Fsp3) is 0.900. The minimum Gasteiger partial charge on any atom is -0.359 e. The Morgan fingerprint density at radius 2 is 2.12 bits per heavy atom. The molecule has 1 rings (SSSR count). The smallest absolute Gasteiger partial charge is 0.223 e. The van der Waals surface area contributed by atoms with E-state index in [-0.39, 0.29) is 35.4 Å². The monoisotopic (exact) mass is 263 g/mol. The van der Waals surface area contributed by atoms with Crippen LogP contribution in [0.5, 0.6) is 0 Å². The molecule has 1 heterocycles. The Balaban J connectivity index is 2.60. The summed E-state index contributed by atoms with van der Waals surface area (Å²) in [6.07, 6.45) is 0. The summed E-state index contributed by atoms with van der Waals surface area (Å²) in [4.78, 5) is 13.3. The van der Waals surface area contributed by atoms with Gasteiger partial charge in [-0.05, 0) is 7.05 Å². The van der Waals surface area contributed by atoms with Gasteiger partial charge < -0.3 is 16.0 Å². The zero-order chi connectivity index (χ0) is 13.2. The summed E-state index contributed by atoms with van der Waals surface area (Å²) in [6.45, 7) is 2.32. The molecule has 0 aromatic rings. The number of nitrogens with zero attached hydrogens (tertiary/aromatic N) is 1. The lowest BCUT2D eigenvalue weighted by Crippen LogP contribution is -2.48. The van der Waals surface area contributed by atoms with Gasteiger partial charge in [-0.15, -0.1) is 0 Å². The van der Waals surface area contributed by atoms with Gasteiger partial charge in [-0.1, -0.05) is 6.92 Å². The van der Waals surface area contributed by atoms with E-state index in [4.69, 9.17) is 5.73 Å². The molecule has 3 N–H and O–H groups in total. The van der Waals surface area contributed by atoms with E-state index < -0.39 is 9.84 Å². The Kier molecular flexibility index (Phi) is 4.51. The predicted molar refractivity (Wildman–Crippen MR) is 66.3 cm³/mol. The van der Waals surface area contributed by atoms with Crippen LogP contribution in [0.3, 0.4) is 0 Å². The summed E-state index contributed by atoms with van der Waals surface area (Å²) in [5, 5.41) is 2.57. The first-order valence-electron chi connectivity index (χ1n) is 5.64. The first-order valence-corrected chi connectivity index (χ1v) is 7.47. The summed E-state index contributed by atoms with van der Waals surface area (Å²) >= 11 is 0. The highest BCUT2D eigenvalue weighted by Gasteiger charge is 2.38. The van der Waals surface area contributed by atoms with E-state index in [2.05, 4.69) is 5.32 Å². The molecule has 6 nitrogen and oxygen atoms in total. The molecule has 17 heavy (non-hydrogen) atoms. The SMILES string of the molecule is CNC(=O)C(C)CN(C)C1CS(=O)(=O)CC1N. The number of carbonyl (C=O) groups is 1. The maximum Gasteiger partial charge on any atom is 0.223 e. The molecule has 1 amide bonds. The van der Waals surface area contributed by atoms with Crippen molar-refractivity contribution in [3.8, 4) is 0 Å². The summed E-state index contributed by atoms with van der Waals surface area (Å²) in [6, 6.07) is -0.547. The molecule has 3 atom stereocenters. The molecule has 0 aromatic carbocycles. The van der Waals surface area contributed by atoms with Gasteiger partial charge in [0.05, 0.1) is 11.5 Å². The van der Waals surface area contributed by atoms with Gasteiger partial charge in [0, 0.05) is 31.6 Å². The van der Waals surface area contributed by atoms with E-state index >= 15 is 0 Å². The molecule has 1 aliphatic rings. The van der Waals surface area contributed by atoms with Crippen LogP contribution in [0, 0.1) is 5.92 Å². The fourth-order valence-electron chi connectivity index (χ4n) is 2.21. The van der Waals surface area contributed by atoms with Crippen LogP contribution in [0.1, 0.15) is 6.92 Å². The Morgan fingerprint density at radius 1 is 1.53 bits per heavy atom. The molecule has 0 aromatic heterocycles. The molecule has 0 saturated carbocycles. The summed E-state index contributed by atoms with van der Waals surface area (Å²) in [5.74, 6) is -0.103. The first-order chi connectivity index (χ1) is 7.76. The Bertz CT molecular complexity index is 382. The van der Waals surface area contributed by atoms with E-state index in [0.29, 0.717) is 6.54 Å². The van der Waals surface area contributed by atoms with E-state index in [1.54, 1.807) is 7.05 Å². The summed E-state index contributed by atoms with van der Waals surface area (Å²) in [7, 11) is 0.380. The predicted octanol–water partition coefficient (Wildman–Crippen LogP) is -1.58. The third-order valence-corrected chi connectivity index (χ3v) is 4.93. The van der Waals surface area contributed by atoms with Crippen molar-refractivity contribution in [2.75, 3.05) is 32.1 Å². The third kappa shape index (κ3) is 3.65. The summed E-state index contributed by atoms with van der Waals surface area (Å²) in [5.41, 5.74) is 5.82. The maximum absolute atomic E-state index is 11.4. The molecule has 0 bridgehead atoms. The van der Waals surface area contributed by atoms with Gasteiger partial charge in [0.25, 0.3) is 0 Å². The molecule has 100 valence electrons. The van der Waals surface area contributed by atoms with Gasteiger partial charge in [0.2, 0.25) is 5.91 Å². The van der Waals surface area contributed by atoms with Gasteiger partial charge in [0.1, 0.15) is 0 Å². The lowest BCUT2D eigenvalue weighted by Gasteiger charge is -2.28. The van der Waals surface area contributed by atoms with Gasteiger partial charge >= 0.3 is 0 Å². The van der Waals surface area contributed by atoms with Crippen molar-refractivity contribution >= 4 is 15.7 Å². The van der Waals surface area contributed by atoms with Crippen molar-refractivity contribution in [1.82, 2.24) is 10.2 Å². The fourth-order valence-corrected chi connectivity index (χ4v) is 4.17. The maximum atomic E-state index is 11.4. The number of amides is 1. The van der Waals surface area contributed by atoms with Gasteiger partial charge in [-0.3, -0.25) is 4.79 Å². The van der Waals surface area contributed by atoms with E-state index in [0.717, 1.165) is 0 Å². The molecule has 1 saturated heterocycles. The van der Waals surface area contributed by atoms with E-state index in [1.807, 2.05) is 18.9 Å². The van der Waals surface area contributed by atoms with Crippen molar-refractivity contribution in [1.29, 1.82) is 0 Å². The number of sulfone groups is 1. The van der Waals surface area contributed by atoms with E-state index in [1.165, 1.54) is 0 Å². The molecule has 0 spiro atoms. The second kappa shape index (κ2) is 5.32. The third-order valence-electron chi connectivity index (χ3n) is 3.19. The topological polar surface area (TPSA) is 92.5 Å².